The highest BCUT2D eigenvalue weighted by atomic mass is 14.9. The van der Waals surface area contributed by atoms with E-state index >= 15 is 0 Å². The van der Waals surface area contributed by atoms with Crippen molar-refractivity contribution >= 4 is 0 Å². The maximum absolute atomic E-state index is 3.88. The summed E-state index contributed by atoms with van der Waals surface area (Å²) in [4.78, 5) is 0. The first-order chi connectivity index (χ1) is 8.47. The number of nitrogens with one attached hydrogen (secondary N) is 1. The van der Waals surface area contributed by atoms with Gasteiger partial charge in [0.05, 0.1) is 0 Å². The van der Waals surface area contributed by atoms with Gasteiger partial charge in [-0.15, -0.1) is 0 Å². The molecule has 100 valence electrons. The van der Waals surface area contributed by atoms with Gasteiger partial charge >= 0.3 is 0 Å². The molecule has 0 radical (unpaired) electrons. The first-order valence-electron chi connectivity index (χ1n) is 8.20. The average Bonchev–Trinajstić information content (AvgIpc) is 2.42. The monoisotopic (exact) mass is 237 g/mol. The summed E-state index contributed by atoms with van der Waals surface area (Å²) >= 11 is 0. The summed E-state index contributed by atoms with van der Waals surface area (Å²) in [6.07, 6.45) is 19.2. The number of hydrogen-bond acceptors (Lipinski definition) is 1. The van der Waals surface area contributed by atoms with Gasteiger partial charge in [0.25, 0.3) is 0 Å². The second kappa shape index (κ2) is 8.13. The molecule has 0 aromatic heterocycles. The molecule has 0 bridgehead atoms. The second-order valence-corrected chi connectivity index (χ2v) is 6.22. The summed E-state index contributed by atoms with van der Waals surface area (Å²) in [6.45, 7) is 1.28. The van der Waals surface area contributed by atoms with Crippen molar-refractivity contribution in [3.8, 4) is 0 Å². The van der Waals surface area contributed by atoms with E-state index in [1.807, 2.05) is 0 Å². The van der Waals surface area contributed by atoms with Gasteiger partial charge in [-0.3, -0.25) is 0 Å². The fourth-order valence-electron chi connectivity index (χ4n) is 3.70. The van der Waals surface area contributed by atoms with Crippen molar-refractivity contribution < 1.29 is 0 Å². The first kappa shape index (κ1) is 13.4. The molecular formula is C16H31N. The van der Waals surface area contributed by atoms with E-state index in [1.54, 1.807) is 0 Å². The molecule has 1 nitrogen and oxygen atoms in total. The van der Waals surface area contributed by atoms with Crippen LogP contribution in [0.4, 0.5) is 0 Å². The third kappa shape index (κ3) is 4.99. The van der Waals surface area contributed by atoms with Crippen LogP contribution in [0.25, 0.3) is 0 Å². The van der Waals surface area contributed by atoms with Crippen LogP contribution in [0.1, 0.15) is 83.5 Å². The molecule has 1 atom stereocenters. The SMILES string of the molecule is C1CCCC(C2CCCCCCCN2)CCC1. The molecule has 2 aliphatic rings. The van der Waals surface area contributed by atoms with E-state index in [2.05, 4.69) is 5.32 Å². The van der Waals surface area contributed by atoms with E-state index in [4.69, 9.17) is 0 Å². The second-order valence-electron chi connectivity index (χ2n) is 6.22. The number of hydrogen-bond donors (Lipinski definition) is 1. The molecule has 17 heavy (non-hydrogen) atoms. The van der Waals surface area contributed by atoms with Gasteiger partial charge in [-0.2, -0.15) is 0 Å². The molecule has 2 rings (SSSR count). The van der Waals surface area contributed by atoms with Gasteiger partial charge in [0.1, 0.15) is 0 Å². The standard InChI is InChI=1S/C16H31N/c1-3-7-11-15(12-8-4-1)16-13-9-5-2-6-10-14-17-16/h15-17H,1-14H2. The lowest BCUT2D eigenvalue weighted by Gasteiger charge is -2.29. The third-order valence-corrected chi connectivity index (χ3v) is 4.82. The normalized spacial score (nSPS) is 30.7. The third-order valence-electron chi connectivity index (χ3n) is 4.82. The van der Waals surface area contributed by atoms with E-state index in [9.17, 15) is 0 Å². The van der Waals surface area contributed by atoms with Crippen molar-refractivity contribution in [2.24, 2.45) is 5.92 Å². The molecule has 1 saturated carbocycles. The van der Waals surface area contributed by atoms with E-state index in [1.165, 1.54) is 90.0 Å². The Kier molecular flexibility index (Phi) is 6.41. The minimum atomic E-state index is 0.853. The molecule has 1 saturated heterocycles. The summed E-state index contributed by atoms with van der Waals surface area (Å²) in [5, 5.41) is 3.88. The lowest BCUT2D eigenvalue weighted by Crippen LogP contribution is -2.37. The molecule has 0 aromatic rings. The van der Waals surface area contributed by atoms with Crippen molar-refractivity contribution in [1.29, 1.82) is 0 Å². The quantitative estimate of drug-likeness (QED) is 0.699. The van der Waals surface area contributed by atoms with Crippen molar-refractivity contribution in [2.75, 3.05) is 6.54 Å². The van der Waals surface area contributed by atoms with Crippen molar-refractivity contribution in [3.63, 3.8) is 0 Å². The van der Waals surface area contributed by atoms with Crippen molar-refractivity contribution in [1.82, 2.24) is 5.32 Å². The van der Waals surface area contributed by atoms with E-state index in [0.717, 1.165) is 12.0 Å². The largest absolute Gasteiger partial charge is 0.314 e. The van der Waals surface area contributed by atoms with Gasteiger partial charge in [-0.05, 0) is 38.1 Å². The van der Waals surface area contributed by atoms with Crippen LogP contribution in [-0.2, 0) is 0 Å². The van der Waals surface area contributed by atoms with E-state index < -0.39 is 0 Å². The highest BCUT2D eigenvalue weighted by Gasteiger charge is 2.21. The molecule has 0 spiro atoms. The van der Waals surface area contributed by atoms with Crippen LogP contribution in [0.3, 0.4) is 0 Å². The molecule has 1 aliphatic carbocycles. The zero-order valence-electron chi connectivity index (χ0n) is 11.6. The number of rotatable bonds is 1. The Morgan fingerprint density at radius 1 is 0.529 bits per heavy atom. The highest BCUT2D eigenvalue weighted by molar-refractivity contribution is 4.78. The van der Waals surface area contributed by atoms with Crippen LogP contribution in [0, 0.1) is 5.92 Å². The minimum Gasteiger partial charge on any atom is -0.314 e. The zero-order valence-corrected chi connectivity index (χ0v) is 11.6. The zero-order chi connectivity index (χ0) is 11.8. The summed E-state index contributed by atoms with van der Waals surface area (Å²) in [7, 11) is 0. The maximum Gasteiger partial charge on any atom is 0.00953 e. The molecule has 0 aromatic carbocycles. The summed E-state index contributed by atoms with van der Waals surface area (Å²) in [5.74, 6) is 0.994. The fraction of sp³-hybridized carbons (Fsp3) is 1.00. The Morgan fingerprint density at radius 3 is 1.76 bits per heavy atom. The maximum atomic E-state index is 3.88. The van der Waals surface area contributed by atoms with Crippen molar-refractivity contribution in [2.45, 2.75) is 89.5 Å². The summed E-state index contributed by atoms with van der Waals surface area (Å²) in [5.41, 5.74) is 0. The van der Waals surface area contributed by atoms with Gasteiger partial charge in [-0.1, -0.05) is 57.8 Å². The Labute approximate surface area is 108 Å². The topological polar surface area (TPSA) is 12.0 Å². The Morgan fingerprint density at radius 2 is 1.06 bits per heavy atom. The summed E-state index contributed by atoms with van der Waals surface area (Å²) < 4.78 is 0. The Balaban J connectivity index is 1.82. The molecule has 1 N–H and O–H groups in total. The minimum absolute atomic E-state index is 0.853. The van der Waals surface area contributed by atoms with Gasteiger partial charge in [0.15, 0.2) is 0 Å². The summed E-state index contributed by atoms with van der Waals surface area (Å²) in [6, 6.07) is 0.853. The molecule has 1 heteroatoms. The van der Waals surface area contributed by atoms with Crippen LogP contribution in [0.15, 0.2) is 0 Å². The van der Waals surface area contributed by atoms with Crippen LogP contribution >= 0.6 is 0 Å². The Hall–Kier alpha value is -0.0400. The smallest absolute Gasteiger partial charge is 0.00953 e. The van der Waals surface area contributed by atoms with Crippen LogP contribution < -0.4 is 5.32 Å². The Bertz CT molecular complexity index is 172. The molecule has 1 heterocycles. The lowest BCUT2D eigenvalue weighted by atomic mass is 9.84. The lowest BCUT2D eigenvalue weighted by molar-refractivity contribution is 0.272. The van der Waals surface area contributed by atoms with Crippen molar-refractivity contribution in [3.05, 3.63) is 0 Å². The van der Waals surface area contributed by atoms with Gasteiger partial charge < -0.3 is 5.32 Å². The predicted molar refractivity (Wildman–Crippen MR) is 75.3 cm³/mol. The fourth-order valence-corrected chi connectivity index (χ4v) is 3.70. The molecule has 2 fully saturated rings. The van der Waals surface area contributed by atoms with Gasteiger partial charge in [0, 0.05) is 6.04 Å². The average molecular weight is 237 g/mol. The van der Waals surface area contributed by atoms with Gasteiger partial charge in [0.2, 0.25) is 0 Å². The predicted octanol–water partition coefficient (Wildman–Crippen LogP) is 4.66. The first-order valence-corrected chi connectivity index (χ1v) is 8.20. The van der Waals surface area contributed by atoms with Crippen LogP contribution in [0.2, 0.25) is 0 Å². The van der Waals surface area contributed by atoms with Crippen LogP contribution in [-0.4, -0.2) is 12.6 Å². The van der Waals surface area contributed by atoms with Crippen LogP contribution in [0.5, 0.6) is 0 Å². The van der Waals surface area contributed by atoms with E-state index in [0.29, 0.717) is 0 Å². The molecule has 1 unspecified atom stereocenters. The highest BCUT2D eigenvalue weighted by Crippen LogP contribution is 2.27. The molecular weight excluding hydrogens is 206 g/mol. The molecule has 0 amide bonds. The molecule has 1 aliphatic heterocycles. The van der Waals surface area contributed by atoms with E-state index in [-0.39, 0.29) is 0 Å². The van der Waals surface area contributed by atoms with Gasteiger partial charge in [-0.25, -0.2) is 0 Å².